The largest absolute Gasteiger partial charge is 0.481 e. The van der Waals surface area contributed by atoms with Crippen molar-refractivity contribution in [2.45, 2.75) is 31.8 Å². The summed E-state index contributed by atoms with van der Waals surface area (Å²) in [6.45, 7) is 1.38. The molecule has 1 fully saturated rings. The molecule has 1 heterocycles. The average Bonchev–Trinajstić information content (AvgIpc) is 2.15. The molecule has 0 bridgehead atoms. The fourth-order valence-corrected chi connectivity index (χ4v) is 1.61. The molecule has 1 saturated heterocycles. The number of aliphatic hydroxyl groups is 1. The zero-order valence-electron chi connectivity index (χ0n) is 7.61. The second-order valence-electron chi connectivity index (χ2n) is 3.45. The predicted molar refractivity (Wildman–Crippen MR) is 46.4 cm³/mol. The molecule has 4 nitrogen and oxygen atoms in total. The lowest BCUT2D eigenvalue weighted by Crippen LogP contribution is -2.27. The molecule has 4 heteroatoms. The van der Waals surface area contributed by atoms with Gasteiger partial charge in [0, 0.05) is 19.6 Å². The van der Waals surface area contributed by atoms with Crippen LogP contribution >= 0.6 is 0 Å². The van der Waals surface area contributed by atoms with Crippen molar-refractivity contribution in [1.29, 1.82) is 0 Å². The van der Waals surface area contributed by atoms with Crippen molar-refractivity contribution in [2.24, 2.45) is 5.92 Å². The molecule has 0 aromatic carbocycles. The Hall–Kier alpha value is -0.610. The lowest BCUT2D eigenvalue weighted by Gasteiger charge is -2.26. The van der Waals surface area contributed by atoms with Crippen LogP contribution in [0.15, 0.2) is 0 Å². The van der Waals surface area contributed by atoms with Crippen LogP contribution in [0.2, 0.25) is 0 Å². The predicted octanol–water partition coefficient (Wildman–Crippen LogP) is 0.639. The van der Waals surface area contributed by atoms with E-state index >= 15 is 0 Å². The molecule has 2 N–H and O–H groups in total. The Labute approximate surface area is 77.5 Å². The van der Waals surface area contributed by atoms with Crippen molar-refractivity contribution >= 4 is 5.97 Å². The third-order valence-electron chi connectivity index (χ3n) is 2.46. The molecule has 1 atom stereocenters. The second kappa shape index (κ2) is 5.19. The van der Waals surface area contributed by atoms with Crippen molar-refractivity contribution in [3.05, 3.63) is 0 Å². The molecule has 1 rings (SSSR count). The minimum Gasteiger partial charge on any atom is -0.481 e. The highest BCUT2D eigenvalue weighted by molar-refractivity contribution is 5.66. The molecule has 0 saturated carbocycles. The van der Waals surface area contributed by atoms with E-state index in [1.165, 1.54) is 0 Å². The van der Waals surface area contributed by atoms with Crippen LogP contribution in [0, 0.1) is 5.92 Å². The summed E-state index contributed by atoms with van der Waals surface area (Å²) >= 11 is 0. The van der Waals surface area contributed by atoms with E-state index in [1.807, 2.05) is 0 Å². The van der Waals surface area contributed by atoms with E-state index in [0.29, 0.717) is 19.6 Å². The van der Waals surface area contributed by atoms with Crippen LogP contribution in [0.4, 0.5) is 0 Å². The summed E-state index contributed by atoms with van der Waals surface area (Å²) in [5.74, 6) is -0.612. The van der Waals surface area contributed by atoms with E-state index in [4.69, 9.17) is 9.84 Å². The van der Waals surface area contributed by atoms with Gasteiger partial charge in [-0.05, 0) is 25.2 Å². The van der Waals surface area contributed by atoms with E-state index in [1.54, 1.807) is 0 Å². The molecule has 0 amide bonds. The molecule has 1 aliphatic rings. The standard InChI is InChI=1S/C9H16O4/c10-8(1-2-9(11)12)7-3-5-13-6-4-7/h7-8,10H,1-6H2,(H,11,12). The lowest BCUT2D eigenvalue weighted by atomic mass is 9.91. The Balaban J connectivity index is 2.20. The Bertz CT molecular complexity index is 163. The Morgan fingerprint density at radius 1 is 1.46 bits per heavy atom. The summed E-state index contributed by atoms with van der Waals surface area (Å²) < 4.78 is 5.15. The highest BCUT2D eigenvalue weighted by Crippen LogP contribution is 2.21. The maximum absolute atomic E-state index is 10.3. The summed E-state index contributed by atoms with van der Waals surface area (Å²) in [7, 11) is 0. The van der Waals surface area contributed by atoms with E-state index in [-0.39, 0.29) is 12.3 Å². The zero-order valence-corrected chi connectivity index (χ0v) is 7.61. The summed E-state index contributed by atoms with van der Waals surface area (Å²) in [5, 5.41) is 18.0. The van der Waals surface area contributed by atoms with Crippen molar-refractivity contribution in [2.75, 3.05) is 13.2 Å². The SMILES string of the molecule is O=C(O)CCC(O)C1CCOCC1. The van der Waals surface area contributed by atoms with Crippen molar-refractivity contribution in [1.82, 2.24) is 0 Å². The molecule has 13 heavy (non-hydrogen) atoms. The maximum atomic E-state index is 10.3. The number of hydrogen-bond acceptors (Lipinski definition) is 3. The first kappa shape index (κ1) is 10.5. The molecule has 1 aliphatic heterocycles. The van der Waals surface area contributed by atoms with E-state index < -0.39 is 12.1 Å². The molecule has 0 aliphatic carbocycles. The second-order valence-corrected chi connectivity index (χ2v) is 3.45. The van der Waals surface area contributed by atoms with Crippen LogP contribution in [-0.2, 0) is 9.53 Å². The van der Waals surface area contributed by atoms with Gasteiger partial charge in [-0.25, -0.2) is 0 Å². The first-order valence-electron chi connectivity index (χ1n) is 4.67. The number of aliphatic carboxylic acids is 1. The maximum Gasteiger partial charge on any atom is 0.303 e. The molecule has 0 aromatic rings. The number of carboxylic acid groups (broad SMARTS) is 1. The molecular weight excluding hydrogens is 172 g/mol. The summed E-state index contributed by atoms with van der Waals surface area (Å²) in [5.41, 5.74) is 0. The lowest BCUT2D eigenvalue weighted by molar-refractivity contribution is -0.137. The Morgan fingerprint density at radius 2 is 2.08 bits per heavy atom. The number of carbonyl (C=O) groups is 1. The van der Waals surface area contributed by atoms with Crippen LogP contribution in [0.5, 0.6) is 0 Å². The van der Waals surface area contributed by atoms with Gasteiger partial charge in [0.1, 0.15) is 0 Å². The van der Waals surface area contributed by atoms with Gasteiger partial charge in [-0.1, -0.05) is 0 Å². The van der Waals surface area contributed by atoms with Gasteiger partial charge in [-0.2, -0.15) is 0 Å². The van der Waals surface area contributed by atoms with Crippen LogP contribution < -0.4 is 0 Å². The minimum absolute atomic E-state index is 0.0541. The number of hydrogen-bond donors (Lipinski definition) is 2. The van der Waals surface area contributed by atoms with E-state index in [0.717, 1.165) is 12.8 Å². The molecule has 0 spiro atoms. The van der Waals surface area contributed by atoms with Gasteiger partial charge in [0.25, 0.3) is 0 Å². The normalized spacial score (nSPS) is 21.3. The molecule has 0 aromatic heterocycles. The highest BCUT2D eigenvalue weighted by Gasteiger charge is 2.22. The van der Waals surface area contributed by atoms with Crippen LogP contribution in [0.1, 0.15) is 25.7 Å². The summed E-state index contributed by atoms with van der Waals surface area (Å²) in [4.78, 5) is 10.3. The van der Waals surface area contributed by atoms with Gasteiger partial charge >= 0.3 is 5.97 Å². The van der Waals surface area contributed by atoms with Crippen LogP contribution in [0.25, 0.3) is 0 Å². The highest BCUT2D eigenvalue weighted by atomic mass is 16.5. The van der Waals surface area contributed by atoms with Crippen LogP contribution in [0.3, 0.4) is 0 Å². The van der Waals surface area contributed by atoms with Crippen molar-refractivity contribution < 1.29 is 19.7 Å². The topological polar surface area (TPSA) is 66.8 Å². The number of carboxylic acids is 1. The fourth-order valence-electron chi connectivity index (χ4n) is 1.61. The van der Waals surface area contributed by atoms with Crippen LogP contribution in [-0.4, -0.2) is 35.5 Å². The van der Waals surface area contributed by atoms with Crippen molar-refractivity contribution in [3.8, 4) is 0 Å². The number of ether oxygens (including phenoxy) is 1. The third-order valence-corrected chi connectivity index (χ3v) is 2.46. The quantitative estimate of drug-likeness (QED) is 0.679. The monoisotopic (exact) mass is 188 g/mol. The van der Waals surface area contributed by atoms with Gasteiger partial charge in [0.2, 0.25) is 0 Å². The molecule has 1 unspecified atom stereocenters. The molecular formula is C9H16O4. The van der Waals surface area contributed by atoms with E-state index in [9.17, 15) is 9.90 Å². The van der Waals surface area contributed by atoms with Gasteiger partial charge < -0.3 is 14.9 Å². The Morgan fingerprint density at radius 3 is 2.62 bits per heavy atom. The van der Waals surface area contributed by atoms with Gasteiger partial charge in [0.05, 0.1) is 6.10 Å². The van der Waals surface area contributed by atoms with Gasteiger partial charge in [-0.3, -0.25) is 4.79 Å². The zero-order chi connectivity index (χ0) is 9.68. The summed E-state index contributed by atoms with van der Waals surface area (Å²) in [6.07, 6.45) is 1.64. The van der Waals surface area contributed by atoms with Gasteiger partial charge in [0.15, 0.2) is 0 Å². The number of rotatable bonds is 4. The van der Waals surface area contributed by atoms with E-state index in [2.05, 4.69) is 0 Å². The third kappa shape index (κ3) is 3.74. The minimum atomic E-state index is -0.842. The Kier molecular flexibility index (Phi) is 4.18. The molecule has 76 valence electrons. The first-order chi connectivity index (χ1) is 6.20. The summed E-state index contributed by atoms with van der Waals surface area (Å²) in [6, 6.07) is 0. The molecule has 0 radical (unpaired) electrons. The number of aliphatic hydroxyl groups excluding tert-OH is 1. The van der Waals surface area contributed by atoms with Crippen molar-refractivity contribution in [3.63, 3.8) is 0 Å². The van der Waals surface area contributed by atoms with Gasteiger partial charge in [-0.15, -0.1) is 0 Å². The first-order valence-corrected chi connectivity index (χ1v) is 4.67. The smallest absolute Gasteiger partial charge is 0.303 e. The average molecular weight is 188 g/mol. The fraction of sp³-hybridized carbons (Fsp3) is 0.889.